The molecule has 0 aromatic carbocycles. The maximum Gasteiger partial charge on any atom is 0.133 e. The SMILES string of the molecule is Cc1ccc(CC(C)CSC#N)s1. The summed E-state index contributed by atoms with van der Waals surface area (Å²) in [5.74, 6) is 1.54. The minimum Gasteiger partial charge on any atom is -0.185 e. The van der Waals surface area contributed by atoms with Gasteiger partial charge in [0.25, 0.3) is 0 Å². The lowest BCUT2D eigenvalue weighted by molar-refractivity contribution is 0.667. The largest absolute Gasteiger partial charge is 0.185 e. The summed E-state index contributed by atoms with van der Waals surface area (Å²) in [6, 6.07) is 4.34. The Labute approximate surface area is 87.8 Å². The molecule has 0 aliphatic carbocycles. The van der Waals surface area contributed by atoms with Gasteiger partial charge in [-0.1, -0.05) is 6.92 Å². The molecule has 0 saturated heterocycles. The van der Waals surface area contributed by atoms with Crippen LogP contribution >= 0.6 is 23.1 Å². The van der Waals surface area contributed by atoms with Gasteiger partial charge in [-0.3, -0.25) is 0 Å². The molecule has 0 saturated carbocycles. The fraction of sp³-hybridized carbons (Fsp3) is 0.500. The van der Waals surface area contributed by atoms with E-state index >= 15 is 0 Å². The Hall–Kier alpha value is -0.460. The third-order valence-electron chi connectivity index (χ3n) is 1.78. The molecule has 0 aliphatic rings. The number of hydrogen-bond donors (Lipinski definition) is 0. The normalized spacial score (nSPS) is 12.4. The summed E-state index contributed by atoms with van der Waals surface area (Å²) < 4.78 is 0. The van der Waals surface area contributed by atoms with Gasteiger partial charge in [-0.05, 0) is 43.2 Å². The average molecular weight is 211 g/mol. The molecule has 0 aliphatic heterocycles. The Kier molecular flexibility index (Phi) is 4.34. The molecule has 0 fully saturated rings. The molecule has 1 unspecified atom stereocenters. The van der Waals surface area contributed by atoms with E-state index in [-0.39, 0.29) is 0 Å². The van der Waals surface area contributed by atoms with E-state index in [0.717, 1.165) is 12.2 Å². The zero-order valence-electron chi connectivity index (χ0n) is 7.91. The van der Waals surface area contributed by atoms with Crippen molar-refractivity contribution < 1.29 is 0 Å². The molecular weight excluding hydrogens is 198 g/mol. The first-order valence-electron chi connectivity index (χ1n) is 4.28. The Morgan fingerprint density at radius 1 is 1.62 bits per heavy atom. The summed E-state index contributed by atoms with van der Waals surface area (Å²) >= 11 is 3.21. The van der Waals surface area contributed by atoms with E-state index in [2.05, 4.69) is 31.4 Å². The van der Waals surface area contributed by atoms with E-state index < -0.39 is 0 Å². The van der Waals surface area contributed by atoms with Crippen molar-refractivity contribution in [3.05, 3.63) is 21.9 Å². The standard InChI is InChI=1S/C10H13NS2/c1-8(6-12-7-11)5-10-4-3-9(2)13-10/h3-4,8H,5-6H2,1-2H3. The van der Waals surface area contributed by atoms with Gasteiger partial charge in [0.2, 0.25) is 0 Å². The van der Waals surface area contributed by atoms with Crippen molar-refractivity contribution >= 4 is 23.1 Å². The predicted octanol–water partition coefficient (Wildman–Crippen LogP) is 3.45. The fourth-order valence-electron chi connectivity index (χ4n) is 1.18. The highest BCUT2D eigenvalue weighted by Gasteiger charge is 2.05. The third-order valence-corrected chi connectivity index (χ3v) is 3.67. The highest BCUT2D eigenvalue weighted by atomic mass is 32.2. The van der Waals surface area contributed by atoms with Crippen molar-refractivity contribution in [2.24, 2.45) is 5.92 Å². The molecule has 13 heavy (non-hydrogen) atoms. The Morgan fingerprint density at radius 2 is 2.38 bits per heavy atom. The first-order valence-corrected chi connectivity index (χ1v) is 6.08. The molecule has 0 bridgehead atoms. The molecule has 1 nitrogen and oxygen atoms in total. The lowest BCUT2D eigenvalue weighted by Crippen LogP contribution is -2.00. The van der Waals surface area contributed by atoms with Crippen LogP contribution in [0.3, 0.4) is 0 Å². The lowest BCUT2D eigenvalue weighted by Gasteiger charge is -2.05. The highest BCUT2D eigenvalue weighted by molar-refractivity contribution is 8.03. The number of nitrogens with zero attached hydrogens (tertiary/aromatic N) is 1. The number of nitriles is 1. The quantitative estimate of drug-likeness (QED) is 0.712. The molecule has 0 spiro atoms. The molecule has 0 N–H and O–H groups in total. The molecular formula is C10H13NS2. The van der Waals surface area contributed by atoms with E-state index in [9.17, 15) is 0 Å². The molecule has 1 atom stereocenters. The summed E-state index contributed by atoms with van der Waals surface area (Å²) in [5, 5.41) is 10.5. The van der Waals surface area contributed by atoms with E-state index in [4.69, 9.17) is 5.26 Å². The smallest absolute Gasteiger partial charge is 0.133 e. The fourth-order valence-corrected chi connectivity index (χ4v) is 2.71. The minimum absolute atomic E-state index is 0.600. The van der Waals surface area contributed by atoms with Gasteiger partial charge in [0.05, 0.1) is 0 Å². The van der Waals surface area contributed by atoms with Gasteiger partial charge < -0.3 is 0 Å². The molecule has 3 heteroatoms. The third kappa shape index (κ3) is 3.84. The van der Waals surface area contributed by atoms with Crippen LogP contribution in [0.25, 0.3) is 0 Å². The molecule has 0 radical (unpaired) electrons. The van der Waals surface area contributed by atoms with Crippen molar-refractivity contribution in [3.63, 3.8) is 0 Å². The van der Waals surface area contributed by atoms with Gasteiger partial charge in [0.15, 0.2) is 0 Å². The first kappa shape index (κ1) is 10.6. The van der Waals surface area contributed by atoms with Crippen LogP contribution in [0.15, 0.2) is 12.1 Å². The summed E-state index contributed by atoms with van der Waals surface area (Å²) in [5.41, 5.74) is 0. The second-order valence-corrected chi connectivity index (χ2v) is 5.40. The highest BCUT2D eigenvalue weighted by Crippen LogP contribution is 2.20. The van der Waals surface area contributed by atoms with Crippen LogP contribution in [0.1, 0.15) is 16.7 Å². The molecule has 1 heterocycles. The summed E-state index contributed by atoms with van der Waals surface area (Å²) in [6.45, 7) is 4.32. The Bertz CT molecular complexity index is 298. The zero-order chi connectivity index (χ0) is 9.68. The van der Waals surface area contributed by atoms with Gasteiger partial charge in [0, 0.05) is 15.5 Å². The lowest BCUT2D eigenvalue weighted by atomic mass is 10.1. The number of thiophene rings is 1. The van der Waals surface area contributed by atoms with Crippen molar-refractivity contribution in [3.8, 4) is 5.40 Å². The molecule has 1 rings (SSSR count). The maximum atomic E-state index is 8.40. The summed E-state index contributed by atoms with van der Waals surface area (Å²) in [7, 11) is 0. The van der Waals surface area contributed by atoms with Crippen LogP contribution in [0.4, 0.5) is 0 Å². The second kappa shape index (κ2) is 5.31. The van der Waals surface area contributed by atoms with Crippen LogP contribution in [-0.4, -0.2) is 5.75 Å². The van der Waals surface area contributed by atoms with Crippen LogP contribution < -0.4 is 0 Å². The van der Waals surface area contributed by atoms with Crippen molar-refractivity contribution in [2.75, 3.05) is 5.75 Å². The Morgan fingerprint density at radius 3 is 2.92 bits per heavy atom. The minimum atomic E-state index is 0.600. The van der Waals surface area contributed by atoms with Gasteiger partial charge in [-0.25, -0.2) is 0 Å². The topological polar surface area (TPSA) is 23.8 Å². The van der Waals surface area contributed by atoms with Crippen LogP contribution in [0, 0.1) is 23.5 Å². The van der Waals surface area contributed by atoms with Crippen LogP contribution in [0.5, 0.6) is 0 Å². The number of thioether (sulfide) groups is 1. The van der Waals surface area contributed by atoms with E-state index in [1.54, 1.807) is 0 Å². The monoisotopic (exact) mass is 211 g/mol. The number of rotatable bonds is 4. The van der Waals surface area contributed by atoms with Crippen LogP contribution in [0.2, 0.25) is 0 Å². The number of thiocyanates is 1. The number of hydrogen-bond acceptors (Lipinski definition) is 3. The molecule has 70 valence electrons. The van der Waals surface area contributed by atoms with Gasteiger partial charge in [-0.15, -0.1) is 11.3 Å². The van der Waals surface area contributed by atoms with Gasteiger partial charge >= 0.3 is 0 Å². The van der Waals surface area contributed by atoms with E-state index in [1.165, 1.54) is 21.5 Å². The van der Waals surface area contributed by atoms with Crippen molar-refractivity contribution in [1.82, 2.24) is 0 Å². The van der Waals surface area contributed by atoms with Gasteiger partial charge in [0.1, 0.15) is 5.40 Å². The zero-order valence-corrected chi connectivity index (χ0v) is 9.54. The van der Waals surface area contributed by atoms with E-state index in [1.807, 2.05) is 11.3 Å². The maximum absolute atomic E-state index is 8.40. The number of aryl methyl sites for hydroxylation is 1. The molecule has 0 amide bonds. The predicted molar refractivity (Wildman–Crippen MR) is 60.0 cm³/mol. The van der Waals surface area contributed by atoms with Crippen molar-refractivity contribution in [1.29, 1.82) is 5.26 Å². The van der Waals surface area contributed by atoms with Crippen LogP contribution in [-0.2, 0) is 6.42 Å². The molecule has 1 aromatic heterocycles. The molecule has 1 aromatic rings. The second-order valence-electron chi connectivity index (χ2n) is 3.22. The summed E-state index contributed by atoms with van der Waals surface area (Å²) in [6.07, 6.45) is 1.10. The van der Waals surface area contributed by atoms with Crippen molar-refractivity contribution in [2.45, 2.75) is 20.3 Å². The Balaban J connectivity index is 2.37. The van der Waals surface area contributed by atoms with Gasteiger partial charge in [-0.2, -0.15) is 5.26 Å². The van der Waals surface area contributed by atoms with E-state index in [0.29, 0.717) is 5.92 Å². The average Bonchev–Trinajstić information content (AvgIpc) is 2.48. The summed E-state index contributed by atoms with van der Waals surface area (Å²) in [4.78, 5) is 2.80. The first-order chi connectivity index (χ1) is 6.22.